The molecule has 0 bridgehead atoms. The molecule has 2 rings (SSSR count). The van der Waals surface area contributed by atoms with Crippen molar-refractivity contribution >= 4 is 11.6 Å². The van der Waals surface area contributed by atoms with E-state index in [2.05, 4.69) is 20.9 Å². The molecular formula is C11H6ClNO5. The van der Waals surface area contributed by atoms with Gasteiger partial charge in [0.1, 0.15) is 5.08 Å². The van der Waals surface area contributed by atoms with Crippen molar-refractivity contribution in [1.29, 1.82) is 0 Å². The summed E-state index contributed by atoms with van der Waals surface area (Å²) in [6, 6.07) is 7.02. The van der Waals surface area contributed by atoms with Gasteiger partial charge in [-0.1, -0.05) is 35.6 Å². The number of rotatable bonds is 2. The molecule has 0 aliphatic rings. The molecule has 0 N–H and O–H groups in total. The number of aromatic nitrogens is 1. The standard InChI is InChI=1S/C11H6ClNO5/c12-9-6-2-1-4-8(9)5-3-7-16-13-17-10(14)11(15)18-13/h1-2,4,6H,7H2. The molecule has 0 saturated heterocycles. The molecule has 1 aromatic heterocycles. The molecule has 0 fully saturated rings. The molecule has 0 saturated carbocycles. The van der Waals surface area contributed by atoms with Gasteiger partial charge in [-0.05, 0) is 12.1 Å². The van der Waals surface area contributed by atoms with Crippen LogP contribution < -0.4 is 16.1 Å². The molecule has 92 valence electrons. The van der Waals surface area contributed by atoms with Crippen molar-refractivity contribution in [1.82, 2.24) is 5.08 Å². The lowest BCUT2D eigenvalue weighted by Crippen LogP contribution is -2.14. The fourth-order valence-electron chi connectivity index (χ4n) is 1.06. The van der Waals surface area contributed by atoms with E-state index in [1.807, 2.05) is 0 Å². The third-order valence-corrected chi connectivity index (χ3v) is 2.15. The molecule has 0 aliphatic heterocycles. The van der Waals surface area contributed by atoms with Gasteiger partial charge in [0.2, 0.25) is 0 Å². The van der Waals surface area contributed by atoms with Gasteiger partial charge in [0.15, 0.2) is 6.61 Å². The summed E-state index contributed by atoms with van der Waals surface area (Å²) in [6.45, 7) is -0.133. The number of hydrogen-bond donors (Lipinski definition) is 0. The SMILES string of the molecule is O=c1on(OCC#Cc2ccccc2Cl)oc1=O. The van der Waals surface area contributed by atoms with E-state index in [9.17, 15) is 9.59 Å². The molecular weight excluding hydrogens is 262 g/mol. The Morgan fingerprint density at radius 3 is 2.56 bits per heavy atom. The summed E-state index contributed by atoms with van der Waals surface area (Å²) in [7, 11) is 0. The fourth-order valence-corrected chi connectivity index (χ4v) is 1.24. The minimum atomic E-state index is -1.14. The summed E-state index contributed by atoms with van der Waals surface area (Å²) in [5.74, 6) is 5.36. The Bertz CT molecular complexity index is 688. The van der Waals surface area contributed by atoms with Crippen LogP contribution in [0.2, 0.25) is 5.02 Å². The smallest absolute Gasteiger partial charge is 0.344 e. The predicted molar refractivity (Wildman–Crippen MR) is 61.3 cm³/mol. The Kier molecular flexibility index (Phi) is 3.55. The molecule has 1 aromatic carbocycles. The number of hydrogen-bond acceptors (Lipinski definition) is 5. The average Bonchev–Trinajstić information content (AvgIpc) is 2.66. The first-order valence-corrected chi connectivity index (χ1v) is 5.15. The zero-order valence-electron chi connectivity index (χ0n) is 8.88. The van der Waals surface area contributed by atoms with Crippen LogP contribution in [0.1, 0.15) is 5.56 Å². The summed E-state index contributed by atoms with van der Waals surface area (Å²) in [4.78, 5) is 26.0. The number of nitrogens with zero attached hydrogens (tertiary/aromatic N) is 1. The number of benzene rings is 1. The summed E-state index contributed by atoms with van der Waals surface area (Å²) >= 11 is 5.88. The third-order valence-electron chi connectivity index (χ3n) is 1.82. The fraction of sp³-hybridized carbons (Fsp3) is 0.0909. The lowest BCUT2D eigenvalue weighted by Gasteiger charge is -1.94. The second-order valence-corrected chi connectivity index (χ2v) is 3.44. The van der Waals surface area contributed by atoms with Crippen LogP contribution in [-0.4, -0.2) is 11.7 Å². The molecule has 0 spiro atoms. The Hall–Kier alpha value is -2.39. The van der Waals surface area contributed by atoms with E-state index in [4.69, 9.17) is 16.4 Å². The van der Waals surface area contributed by atoms with Crippen LogP contribution >= 0.6 is 11.6 Å². The first-order valence-electron chi connectivity index (χ1n) is 4.77. The highest BCUT2D eigenvalue weighted by Crippen LogP contribution is 2.12. The van der Waals surface area contributed by atoms with Gasteiger partial charge >= 0.3 is 11.3 Å². The van der Waals surface area contributed by atoms with Gasteiger partial charge in [-0.25, -0.2) is 9.59 Å². The van der Waals surface area contributed by atoms with E-state index in [1.165, 1.54) is 0 Å². The van der Waals surface area contributed by atoms with E-state index < -0.39 is 11.3 Å². The van der Waals surface area contributed by atoms with Crippen molar-refractivity contribution in [2.75, 3.05) is 6.61 Å². The largest absolute Gasteiger partial charge is 0.449 e. The van der Waals surface area contributed by atoms with Crippen LogP contribution in [0, 0.1) is 11.8 Å². The Balaban J connectivity index is 2.00. The minimum absolute atomic E-state index is 0.133. The Labute approximate surface area is 105 Å². The van der Waals surface area contributed by atoms with Crippen molar-refractivity contribution < 1.29 is 13.9 Å². The summed E-state index contributed by atoms with van der Waals surface area (Å²) in [5, 5.41) is 0.829. The number of halogens is 1. The van der Waals surface area contributed by atoms with E-state index in [1.54, 1.807) is 24.3 Å². The first-order chi connectivity index (χ1) is 8.66. The Morgan fingerprint density at radius 1 is 1.22 bits per heavy atom. The molecule has 6 nitrogen and oxygen atoms in total. The molecule has 18 heavy (non-hydrogen) atoms. The summed E-state index contributed by atoms with van der Waals surface area (Å²) < 4.78 is 8.51. The van der Waals surface area contributed by atoms with Crippen LogP contribution in [0.15, 0.2) is 42.9 Å². The van der Waals surface area contributed by atoms with Gasteiger partial charge in [0.25, 0.3) is 0 Å². The molecule has 1 heterocycles. The normalized spacial score (nSPS) is 9.61. The van der Waals surface area contributed by atoms with Gasteiger partial charge in [0.05, 0.1) is 5.02 Å². The van der Waals surface area contributed by atoms with Crippen molar-refractivity contribution in [3.63, 3.8) is 0 Å². The maximum atomic E-state index is 10.6. The second kappa shape index (κ2) is 5.29. The van der Waals surface area contributed by atoms with Crippen LogP contribution in [0.25, 0.3) is 0 Å². The minimum Gasteiger partial charge on any atom is -0.344 e. The zero-order chi connectivity index (χ0) is 13.0. The van der Waals surface area contributed by atoms with Crippen molar-refractivity contribution in [2.45, 2.75) is 0 Å². The zero-order valence-corrected chi connectivity index (χ0v) is 9.64. The molecule has 0 amide bonds. The van der Waals surface area contributed by atoms with Crippen LogP contribution in [0.5, 0.6) is 0 Å². The molecule has 7 heteroatoms. The van der Waals surface area contributed by atoms with Crippen LogP contribution in [0.4, 0.5) is 0 Å². The third kappa shape index (κ3) is 2.84. The summed E-state index contributed by atoms with van der Waals surface area (Å²) in [5.41, 5.74) is -1.65. The van der Waals surface area contributed by atoms with Gasteiger partial charge in [-0.2, -0.15) is 0 Å². The van der Waals surface area contributed by atoms with Crippen molar-refractivity contribution in [2.24, 2.45) is 0 Å². The molecule has 0 atom stereocenters. The van der Waals surface area contributed by atoms with Gasteiger partial charge < -0.3 is 4.84 Å². The van der Waals surface area contributed by atoms with Gasteiger partial charge in [-0.15, -0.1) is 0 Å². The maximum Gasteiger partial charge on any atom is 0.449 e. The monoisotopic (exact) mass is 267 g/mol. The van der Waals surface area contributed by atoms with Crippen molar-refractivity contribution in [3.8, 4) is 11.8 Å². The highest BCUT2D eigenvalue weighted by molar-refractivity contribution is 6.31. The second-order valence-electron chi connectivity index (χ2n) is 3.04. The van der Waals surface area contributed by atoms with E-state index in [0.717, 1.165) is 0 Å². The molecule has 0 unspecified atom stereocenters. The van der Waals surface area contributed by atoms with E-state index in [-0.39, 0.29) is 6.61 Å². The first kappa shape index (κ1) is 12.1. The van der Waals surface area contributed by atoms with E-state index in [0.29, 0.717) is 15.7 Å². The maximum absolute atomic E-state index is 10.6. The molecule has 0 aliphatic carbocycles. The van der Waals surface area contributed by atoms with Crippen LogP contribution in [-0.2, 0) is 0 Å². The van der Waals surface area contributed by atoms with Crippen molar-refractivity contribution in [3.05, 3.63) is 55.7 Å². The topological polar surface area (TPSA) is 74.6 Å². The van der Waals surface area contributed by atoms with Gasteiger partial charge in [-0.3, -0.25) is 9.05 Å². The van der Waals surface area contributed by atoms with E-state index >= 15 is 0 Å². The molecule has 0 radical (unpaired) electrons. The predicted octanol–water partition coefficient (Wildman–Crippen LogP) is 0.528. The lowest BCUT2D eigenvalue weighted by atomic mass is 10.2. The van der Waals surface area contributed by atoms with Gasteiger partial charge in [0, 0.05) is 5.56 Å². The summed E-state index contributed by atoms with van der Waals surface area (Å²) in [6.07, 6.45) is 0. The highest BCUT2D eigenvalue weighted by atomic mass is 35.5. The Morgan fingerprint density at radius 2 is 1.89 bits per heavy atom. The quantitative estimate of drug-likeness (QED) is 0.586. The van der Waals surface area contributed by atoms with Crippen LogP contribution in [0.3, 0.4) is 0 Å². The lowest BCUT2D eigenvalue weighted by molar-refractivity contribution is -0.135. The average molecular weight is 268 g/mol. The molecule has 2 aromatic rings. The highest BCUT2D eigenvalue weighted by Gasteiger charge is 2.04.